The molecular weight excluding hydrogens is 823 g/mol. The number of rotatable bonds is 20. The highest BCUT2D eigenvalue weighted by Gasteiger charge is 2.26. The molecule has 4 N–H and O–H groups in total. The number of anilines is 5. The summed E-state index contributed by atoms with van der Waals surface area (Å²) in [5, 5.41) is 14.0. The zero-order valence-corrected chi connectivity index (χ0v) is 37.3. The molecule has 0 bridgehead atoms. The van der Waals surface area contributed by atoms with E-state index in [0.29, 0.717) is 67.8 Å². The highest BCUT2D eigenvalue weighted by Crippen LogP contribution is 2.32. The smallest absolute Gasteiger partial charge is 0.263 e. The van der Waals surface area contributed by atoms with Crippen LogP contribution in [0.5, 0.6) is 0 Å². The van der Waals surface area contributed by atoms with Gasteiger partial charge < -0.3 is 35.6 Å². The summed E-state index contributed by atoms with van der Waals surface area (Å²) < 4.78 is 12.9. The lowest BCUT2D eigenvalue weighted by atomic mass is 10.0. The minimum atomic E-state index is -0.284. The Balaban J connectivity index is 0.760. The number of hydrogen-bond donors (Lipinski definition) is 4. The number of aromatic nitrogens is 5. The van der Waals surface area contributed by atoms with Crippen LogP contribution in [0.1, 0.15) is 77.1 Å². The van der Waals surface area contributed by atoms with E-state index in [9.17, 15) is 19.2 Å². The molecule has 1 saturated heterocycles. The number of ketones is 1. The van der Waals surface area contributed by atoms with Gasteiger partial charge >= 0.3 is 0 Å². The van der Waals surface area contributed by atoms with Crippen LogP contribution in [0.2, 0.25) is 0 Å². The maximum atomic E-state index is 13.6. The standard InChI is InChI=1S/C45H57N11O6S/c1-29-36-27-48-44(53-42(36)56(34-10-6-7-11-34)43(60)41(29)31(3)57)52-38-14-13-35(26-47-38)55-19-17-54(18-20-55)28-40(59)46-16-22-62-24-23-61-21-15-39(58)51-37-12-8-5-9-33(37)25-49-45-50-30(2)32(4)63-45/h5,8-9,12-14,26-27,34H,6-7,10-11,15-25,28H2,1-4H3,(H,46,59)(H,49,50)(H,51,58)(H,47,48,52,53). The van der Waals surface area contributed by atoms with Crippen LogP contribution in [0.15, 0.2) is 53.6 Å². The predicted octanol–water partition coefficient (Wildman–Crippen LogP) is 5.54. The lowest BCUT2D eigenvalue weighted by Gasteiger charge is -2.35. The van der Waals surface area contributed by atoms with E-state index in [2.05, 4.69) is 46.0 Å². The van der Waals surface area contributed by atoms with Crippen LogP contribution in [0, 0.1) is 20.8 Å². The van der Waals surface area contributed by atoms with Gasteiger partial charge in [-0.2, -0.15) is 4.98 Å². The number of thiazole rings is 1. The van der Waals surface area contributed by atoms with Gasteiger partial charge in [-0.05, 0) is 69.9 Å². The lowest BCUT2D eigenvalue weighted by Crippen LogP contribution is -2.49. The summed E-state index contributed by atoms with van der Waals surface area (Å²) in [6.07, 6.45) is 7.51. The maximum absolute atomic E-state index is 13.6. The van der Waals surface area contributed by atoms with Crippen LogP contribution in [-0.2, 0) is 25.6 Å². The fourth-order valence-corrected chi connectivity index (χ4v) is 8.78. The Morgan fingerprint density at radius 2 is 1.63 bits per heavy atom. The molecule has 1 aliphatic heterocycles. The number of pyridine rings is 2. The Labute approximate surface area is 371 Å². The second kappa shape index (κ2) is 21.5. The van der Waals surface area contributed by atoms with E-state index in [4.69, 9.17) is 14.5 Å². The van der Waals surface area contributed by atoms with Gasteiger partial charge in [-0.25, -0.2) is 15.0 Å². The van der Waals surface area contributed by atoms with E-state index >= 15 is 0 Å². The molecule has 2 amide bonds. The summed E-state index contributed by atoms with van der Waals surface area (Å²) in [6.45, 7) is 12.8. The van der Waals surface area contributed by atoms with Crippen LogP contribution in [0.4, 0.5) is 28.3 Å². The summed E-state index contributed by atoms with van der Waals surface area (Å²) in [5.74, 6) is 0.461. The number of para-hydroxylation sites is 1. The third kappa shape index (κ3) is 11.8. The number of fused-ring (bicyclic) bond motifs is 1. The largest absolute Gasteiger partial charge is 0.379 e. The summed E-state index contributed by atoms with van der Waals surface area (Å²) in [5.41, 5.74) is 4.77. The van der Waals surface area contributed by atoms with Crippen molar-refractivity contribution in [3.63, 3.8) is 0 Å². The van der Waals surface area contributed by atoms with Crippen molar-refractivity contribution in [2.24, 2.45) is 0 Å². The van der Waals surface area contributed by atoms with E-state index in [1.54, 1.807) is 35.2 Å². The zero-order valence-electron chi connectivity index (χ0n) is 36.5. The number of nitrogens with zero attached hydrogens (tertiary/aromatic N) is 7. The topological polar surface area (TPSA) is 198 Å². The van der Waals surface area contributed by atoms with Crippen molar-refractivity contribution in [2.75, 3.05) is 86.5 Å². The van der Waals surface area contributed by atoms with Gasteiger partial charge in [0, 0.05) is 67.5 Å². The van der Waals surface area contributed by atoms with E-state index in [0.717, 1.165) is 79.6 Å². The van der Waals surface area contributed by atoms with Crippen molar-refractivity contribution in [1.82, 2.24) is 34.7 Å². The fourth-order valence-electron chi connectivity index (χ4n) is 7.97. The molecule has 5 heterocycles. The normalized spacial score (nSPS) is 14.6. The molecule has 1 aromatic carbocycles. The SMILES string of the molecule is CC(=O)c1c(C)c2cnc(Nc3ccc(N4CCN(CC(=O)NCCOCCOCCC(=O)Nc5ccccc5CNc5nc(C)c(C)s5)CC4)cn3)nc2n(C2CCCC2)c1=O. The monoisotopic (exact) mass is 879 g/mol. The molecule has 5 aromatic rings. The molecular formula is C45H57N11O6S. The van der Waals surface area contributed by atoms with Crippen LogP contribution in [0.25, 0.3) is 11.0 Å². The first kappa shape index (κ1) is 45.2. The predicted molar refractivity (Wildman–Crippen MR) is 245 cm³/mol. The lowest BCUT2D eigenvalue weighted by molar-refractivity contribution is -0.122. The summed E-state index contributed by atoms with van der Waals surface area (Å²) in [6, 6.07) is 11.6. The average molecular weight is 880 g/mol. The highest BCUT2D eigenvalue weighted by atomic mass is 32.1. The van der Waals surface area contributed by atoms with E-state index in [1.807, 2.05) is 50.2 Å². The first-order valence-corrected chi connectivity index (χ1v) is 22.5. The Kier molecular flexibility index (Phi) is 15.4. The fraction of sp³-hybridized carbons (Fsp3) is 0.467. The molecule has 0 atom stereocenters. The number of piperazine rings is 1. The van der Waals surface area contributed by atoms with E-state index in [1.165, 1.54) is 11.8 Å². The van der Waals surface area contributed by atoms with Gasteiger partial charge in [-0.3, -0.25) is 28.6 Å². The number of hydrogen-bond acceptors (Lipinski definition) is 15. The summed E-state index contributed by atoms with van der Waals surface area (Å²) in [4.78, 5) is 75.2. The molecule has 0 spiro atoms. The van der Waals surface area contributed by atoms with Gasteiger partial charge in [0.15, 0.2) is 10.9 Å². The Morgan fingerprint density at radius 1 is 0.873 bits per heavy atom. The van der Waals surface area contributed by atoms with E-state index < -0.39 is 0 Å². The van der Waals surface area contributed by atoms with Crippen LogP contribution >= 0.6 is 11.3 Å². The van der Waals surface area contributed by atoms with Crippen molar-refractivity contribution in [2.45, 2.75) is 72.4 Å². The zero-order chi connectivity index (χ0) is 44.3. The van der Waals surface area contributed by atoms with Gasteiger partial charge in [0.1, 0.15) is 11.5 Å². The Hall–Kier alpha value is -5.82. The first-order chi connectivity index (χ1) is 30.5. The minimum absolute atomic E-state index is 0.000336. The number of benzene rings is 1. The van der Waals surface area contributed by atoms with Gasteiger partial charge in [0.05, 0.1) is 62.5 Å². The molecule has 1 aliphatic carbocycles. The molecule has 1 saturated carbocycles. The second-order valence-corrected chi connectivity index (χ2v) is 17.1. The van der Waals surface area contributed by atoms with Gasteiger partial charge in [0.2, 0.25) is 17.8 Å². The van der Waals surface area contributed by atoms with Crippen molar-refractivity contribution in [3.05, 3.63) is 86.4 Å². The minimum Gasteiger partial charge on any atom is -0.379 e. The molecule has 17 nitrogen and oxygen atoms in total. The number of ether oxygens (including phenoxy) is 2. The van der Waals surface area contributed by atoms with Crippen molar-refractivity contribution in [3.8, 4) is 0 Å². The second-order valence-electron chi connectivity index (χ2n) is 15.9. The van der Waals surface area contributed by atoms with Crippen LogP contribution in [-0.4, -0.2) is 113 Å². The van der Waals surface area contributed by atoms with Crippen molar-refractivity contribution in [1.29, 1.82) is 0 Å². The van der Waals surface area contributed by atoms with Gasteiger partial charge in [0.25, 0.3) is 5.56 Å². The molecule has 334 valence electrons. The molecule has 0 unspecified atom stereocenters. The molecule has 2 fully saturated rings. The summed E-state index contributed by atoms with van der Waals surface area (Å²) in [7, 11) is 0. The van der Waals surface area contributed by atoms with E-state index in [-0.39, 0.29) is 47.8 Å². The van der Waals surface area contributed by atoms with Gasteiger partial charge in [-0.15, -0.1) is 11.3 Å². The number of Topliss-reactive ketones (excluding diaryl/α,β-unsaturated/α-hetero) is 1. The molecule has 63 heavy (non-hydrogen) atoms. The number of aryl methyl sites for hydroxylation is 3. The highest BCUT2D eigenvalue weighted by molar-refractivity contribution is 7.15. The third-order valence-electron chi connectivity index (χ3n) is 11.5. The number of nitrogens with one attached hydrogen (secondary N) is 4. The Morgan fingerprint density at radius 3 is 2.35 bits per heavy atom. The number of carbonyl (C=O) groups is 3. The molecule has 2 aliphatic rings. The quantitative estimate of drug-likeness (QED) is 0.0562. The Bertz CT molecular complexity index is 2420. The molecule has 7 rings (SSSR count). The molecule has 18 heteroatoms. The van der Waals surface area contributed by atoms with Gasteiger partial charge in [-0.1, -0.05) is 31.0 Å². The third-order valence-corrected chi connectivity index (χ3v) is 12.5. The van der Waals surface area contributed by atoms with Crippen LogP contribution in [0.3, 0.4) is 0 Å². The number of amides is 2. The average Bonchev–Trinajstić information content (AvgIpc) is 3.92. The first-order valence-electron chi connectivity index (χ1n) is 21.6. The van der Waals surface area contributed by atoms with Crippen molar-refractivity contribution < 1.29 is 23.9 Å². The number of carbonyl (C=O) groups excluding carboxylic acids is 3. The molecule has 0 radical (unpaired) electrons. The van der Waals surface area contributed by atoms with Crippen molar-refractivity contribution >= 4 is 68.2 Å². The molecule has 4 aromatic heterocycles. The van der Waals surface area contributed by atoms with Crippen LogP contribution < -0.4 is 31.7 Å². The summed E-state index contributed by atoms with van der Waals surface area (Å²) >= 11 is 1.61. The maximum Gasteiger partial charge on any atom is 0.263 e.